The first-order valence-corrected chi connectivity index (χ1v) is 6.91. The van der Waals surface area contributed by atoms with Crippen LogP contribution in [0, 0.1) is 0 Å². The number of nitrogens with zero attached hydrogens (tertiary/aromatic N) is 4. The Morgan fingerprint density at radius 1 is 1.32 bits per heavy atom. The molecule has 0 bridgehead atoms. The zero-order valence-electron chi connectivity index (χ0n) is 11.6. The van der Waals surface area contributed by atoms with Gasteiger partial charge in [0, 0.05) is 24.7 Å². The molecule has 0 radical (unpaired) electrons. The highest BCUT2D eigenvalue weighted by Crippen LogP contribution is 2.22. The van der Waals surface area contributed by atoms with E-state index in [1.54, 1.807) is 4.68 Å². The lowest BCUT2D eigenvalue weighted by atomic mass is 9.96. The van der Waals surface area contributed by atoms with Crippen LogP contribution in [0.3, 0.4) is 0 Å². The molecule has 0 aromatic carbocycles. The van der Waals surface area contributed by atoms with E-state index in [0.717, 1.165) is 21.9 Å². The van der Waals surface area contributed by atoms with Crippen molar-refractivity contribution in [3.63, 3.8) is 0 Å². The van der Waals surface area contributed by atoms with Gasteiger partial charge in [0.1, 0.15) is 16.2 Å². The number of rotatable bonds is 3. The molecule has 2 rings (SSSR count). The van der Waals surface area contributed by atoms with Crippen molar-refractivity contribution in [3.05, 3.63) is 34.5 Å². The standard InChI is InChI=1S/C13H18BrN5/c1-13(2,3)12-16-10(14)7-11(17-12)15-8-9-5-6-19(4)18-9/h5-7H,8H2,1-4H3,(H,15,16,17). The van der Waals surface area contributed by atoms with Crippen LogP contribution in [0.25, 0.3) is 0 Å². The largest absolute Gasteiger partial charge is 0.364 e. The van der Waals surface area contributed by atoms with Gasteiger partial charge in [0.25, 0.3) is 0 Å². The van der Waals surface area contributed by atoms with Gasteiger partial charge < -0.3 is 5.32 Å². The predicted molar refractivity (Wildman–Crippen MR) is 79.0 cm³/mol. The van der Waals surface area contributed by atoms with E-state index in [1.807, 2.05) is 25.4 Å². The second kappa shape index (κ2) is 5.28. The number of hydrogen-bond acceptors (Lipinski definition) is 4. The Labute approximate surface area is 121 Å². The first-order chi connectivity index (χ1) is 8.84. The highest BCUT2D eigenvalue weighted by atomic mass is 79.9. The first kappa shape index (κ1) is 14.0. The summed E-state index contributed by atoms with van der Waals surface area (Å²) >= 11 is 3.42. The van der Waals surface area contributed by atoms with Crippen LogP contribution in [0.4, 0.5) is 5.82 Å². The summed E-state index contributed by atoms with van der Waals surface area (Å²) in [6.45, 7) is 6.93. The van der Waals surface area contributed by atoms with E-state index in [2.05, 4.69) is 57.1 Å². The van der Waals surface area contributed by atoms with Gasteiger partial charge in [-0.15, -0.1) is 0 Å². The second-order valence-electron chi connectivity index (χ2n) is 5.48. The maximum Gasteiger partial charge on any atom is 0.137 e. The van der Waals surface area contributed by atoms with Crippen molar-refractivity contribution in [1.82, 2.24) is 19.7 Å². The fourth-order valence-corrected chi connectivity index (χ4v) is 1.97. The van der Waals surface area contributed by atoms with Crippen LogP contribution >= 0.6 is 15.9 Å². The lowest BCUT2D eigenvalue weighted by Crippen LogP contribution is -2.17. The van der Waals surface area contributed by atoms with Gasteiger partial charge in [-0.3, -0.25) is 4.68 Å². The molecule has 0 fully saturated rings. The van der Waals surface area contributed by atoms with Gasteiger partial charge in [-0.05, 0) is 22.0 Å². The predicted octanol–water partition coefficient (Wildman–Crippen LogP) is 2.88. The third-order valence-corrected chi connectivity index (χ3v) is 2.99. The van der Waals surface area contributed by atoms with Crippen LogP contribution in [0.15, 0.2) is 22.9 Å². The molecule has 0 saturated heterocycles. The zero-order chi connectivity index (χ0) is 14.0. The Bertz CT molecular complexity index is 571. The molecule has 0 spiro atoms. The summed E-state index contributed by atoms with van der Waals surface area (Å²) in [7, 11) is 1.91. The topological polar surface area (TPSA) is 55.6 Å². The van der Waals surface area contributed by atoms with Gasteiger partial charge in [0.2, 0.25) is 0 Å². The van der Waals surface area contributed by atoms with Gasteiger partial charge in [0.05, 0.1) is 12.2 Å². The van der Waals surface area contributed by atoms with Gasteiger partial charge in [-0.2, -0.15) is 5.10 Å². The van der Waals surface area contributed by atoms with Crippen molar-refractivity contribution in [2.75, 3.05) is 5.32 Å². The molecule has 0 unspecified atom stereocenters. The van der Waals surface area contributed by atoms with Crippen LogP contribution in [0.2, 0.25) is 0 Å². The Hall–Kier alpha value is -1.43. The first-order valence-electron chi connectivity index (χ1n) is 6.12. The summed E-state index contributed by atoms with van der Waals surface area (Å²) in [5.74, 6) is 1.61. The molecule has 1 N–H and O–H groups in total. The van der Waals surface area contributed by atoms with Gasteiger partial charge >= 0.3 is 0 Å². The molecule has 2 aromatic rings. The highest BCUT2D eigenvalue weighted by molar-refractivity contribution is 9.10. The fraction of sp³-hybridized carbons (Fsp3) is 0.462. The van der Waals surface area contributed by atoms with Crippen LogP contribution < -0.4 is 5.32 Å². The zero-order valence-corrected chi connectivity index (χ0v) is 13.2. The van der Waals surface area contributed by atoms with Gasteiger partial charge in [0.15, 0.2) is 0 Å². The second-order valence-corrected chi connectivity index (χ2v) is 6.30. The summed E-state index contributed by atoms with van der Waals surface area (Å²) in [6, 6.07) is 3.85. The molecule has 5 nitrogen and oxygen atoms in total. The van der Waals surface area contributed by atoms with E-state index in [9.17, 15) is 0 Å². The van der Waals surface area contributed by atoms with E-state index in [4.69, 9.17) is 0 Å². The lowest BCUT2D eigenvalue weighted by molar-refractivity contribution is 0.544. The van der Waals surface area contributed by atoms with Crippen LogP contribution in [0.1, 0.15) is 32.3 Å². The average Bonchev–Trinajstić information content (AvgIpc) is 2.71. The summed E-state index contributed by atoms with van der Waals surface area (Å²) < 4.78 is 2.57. The Kier molecular flexibility index (Phi) is 3.89. The van der Waals surface area contributed by atoms with Crippen LogP contribution in [-0.2, 0) is 19.0 Å². The molecule has 0 amide bonds. The molecule has 2 heterocycles. The minimum absolute atomic E-state index is 0.0782. The maximum atomic E-state index is 4.54. The Balaban J connectivity index is 2.14. The number of halogens is 1. The van der Waals surface area contributed by atoms with E-state index >= 15 is 0 Å². The fourth-order valence-electron chi connectivity index (χ4n) is 1.58. The number of anilines is 1. The third-order valence-electron chi connectivity index (χ3n) is 2.59. The molecule has 2 aromatic heterocycles. The molecular weight excluding hydrogens is 306 g/mol. The Morgan fingerprint density at radius 3 is 2.63 bits per heavy atom. The van der Waals surface area contributed by atoms with E-state index < -0.39 is 0 Å². The number of nitrogens with one attached hydrogen (secondary N) is 1. The molecule has 0 aliphatic heterocycles. The number of aromatic nitrogens is 4. The molecule has 0 atom stereocenters. The molecule has 0 saturated carbocycles. The minimum Gasteiger partial charge on any atom is -0.364 e. The van der Waals surface area contributed by atoms with Crippen LogP contribution in [0.5, 0.6) is 0 Å². The van der Waals surface area contributed by atoms with E-state index in [-0.39, 0.29) is 5.41 Å². The van der Waals surface area contributed by atoms with Crippen molar-refractivity contribution < 1.29 is 0 Å². The van der Waals surface area contributed by atoms with Gasteiger partial charge in [-0.25, -0.2) is 9.97 Å². The summed E-state index contributed by atoms with van der Waals surface area (Å²) in [4.78, 5) is 8.95. The summed E-state index contributed by atoms with van der Waals surface area (Å²) in [5.41, 5.74) is 0.903. The van der Waals surface area contributed by atoms with Crippen molar-refractivity contribution >= 4 is 21.7 Å². The summed E-state index contributed by atoms with van der Waals surface area (Å²) in [6.07, 6.45) is 1.92. The molecule has 6 heteroatoms. The van der Waals surface area contributed by atoms with Gasteiger partial charge in [-0.1, -0.05) is 20.8 Å². The van der Waals surface area contributed by atoms with Crippen molar-refractivity contribution in [2.24, 2.45) is 7.05 Å². The number of aryl methyl sites for hydroxylation is 1. The molecule has 102 valence electrons. The molecule has 19 heavy (non-hydrogen) atoms. The lowest BCUT2D eigenvalue weighted by Gasteiger charge is -2.17. The third kappa shape index (κ3) is 3.76. The monoisotopic (exact) mass is 323 g/mol. The molecule has 0 aliphatic carbocycles. The quantitative estimate of drug-likeness (QED) is 0.882. The highest BCUT2D eigenvalue weighted by Gasteiger charge is 2.18. The molecular formula is C13H18BrN5. The Morgan fingerprint density at radius 2 is 2.05 bits per heavy atom. The molecule has 0 aliphatic rings. The van der Waals surface area contributed by atoms with Crippen molar-refractivity contribution in [2.45, 2.75) is 32.7 Å². The average molecular weight is 324 g/mol. The number of hydrogen-bond donors (Lipinski definition) is 1. The van der Waals surface area contributed by atoms with Crippen molar-refractivity contribution in [1.29, 1.82) is 0 Å². The normalized spacial score (nSPS) is 11.6. The smallest absolute Gasteiger partial charge is 0.137 e. The van der Waals surface area contributed by atoms with Crippen molar-refractivity contribution in [3.8, 4) is 0 Å². The minimum atomic E-state index is -0.0782. The van der Waals surface area contributed by atoms with Crippen LogP contribution in [-0.4, -0.2) is 19.7 Å². The maximum absolute atomic E-state index is 4.54. The van der Waals surface area contributed by atoms with E-state index in [1.165, 1.54) is 0 Å². The summed E-state index contributed by atoms with van der Waals surface area (Å²) in [5, 5.41) is 7.59. The van der Waals surface area contributed by atoms with E-state index in [0.29, 0.717) is 6.54 Å². The SMILES string of the molecule is Cn1ccc(CNc2cc(Br)nc(C(C)(C)C)n2)n1.